The van der Waals surface area contributed by atoms with E-state index in [0.29, 0.717) is 0 Å². The van der Waals surface area contributed by atoms with Gasteiger partial charge < -0.3 is 9.64 Å². The summed E-state index contributed by atoms with van der Waals surface area (Å²) in [5, 5.41) is 1.29. The van der Waals surface area contributed by atoms with Crippen LogP contribution in [0.25, 0.3) is 10.9 Å². The Labute approximate surface area is 129 Å². The van der Waals surface area contributed by atoms with Crippen LogP contribution >= 0.6 is 11.8 Å². The molecule has 3 heterocycles. The fraction of sp³-hybridized carbons (Fsp3) is 0.471. The van der Waals surface area contributed by atoms with Gasteiger partial charge in [0.1, 0.15) is 0 Å². The van der Waals surface area contributed by atoms with Crippen LogP contribution in [0.3, 0.4) is 0 Å². The maximum Gasteiger partial charge on any atom is 0.0726 e. The number of anilines is 1. The van der Waals surface area contributed by atoms with E-state index in [0.717, 1.165) is 30.1 Å². The molecule has 0 bridgehead atoms. The lowest BCUT2D eigenvalue weighted by Gasteiger charge is -2.38. The molecule has 2 aliphatic rings. The van der Waals surface area contributed by atoms with Crippen molar-refractivity contribution in [2.75, 3.05) is 18.0 Å². The van der Waals surface area contributed by atoms with Crippen LogP contribution in [0.5, 0.6) is 0 Å². The molecule has 4 heteroatoms. The zero-order valence-electron chi connectivity index (χ0n) is 12.5. The van der Waals surface area contributed by atoms with E-state index in [4.69, 9.17) is 9.72 Å². The van der Waals surface area contributed by atoms with E-state index in [2.05, 4.69) is 43.0 Å². The minimum absolute atomic E-state index is 0.283. The Morgan fingerprint density at radius 1 is 1.14 bits per heavy atom. The summed E-state index contributed by atoms with van der Waals surface area (Å²) in [6, 6.07) is 8.55. The number of para-hydroxylation sites is 1. The summed E-state index contributed by atoms with van der Waals surface area (Å²) in [7, 11) is 0. The third-order valence-corrected chi connectivity index (χ3v) is 5.24. The monoisotopic (exact) mass is 300 g/mol. The fourth-order valence-electron chi connectivity index (χ4n) is 3.53. The molecule has 3 nitrogen and oxygen atoms in total. The molecule has 1 saturated heterocycles. The smallest absolute Gasteiger partial charge is 0.0726 e. The number of hydrogen-bond acceptors (Lipinski definition) is 4. The van der Waals surface area contributed by atoms with Crippen molar-refractivity contribution in [1.82, 2.24) is 4.98 Å². The lowest BCUT2D eigenvalue weighted by molar-refractivity contribution is -0.00516. The highest BCUT2D eigenvalue weighted by Crippen LogP contribution is 2.40. The molecule has 21 heavy (non-hydrogen) atoms. The van der Waals surface area contributed by atoms with E-state index < -0.39 is 0 Å². The first-order valence-corrected chi connectivity index (χ1v) is 8.76. The predicted molar refractivity (Wildman–Crippen MR) is 89.0 cm³/mol. The topological polar surface area (TPSA) is 25.4 Å². The van der Waals surface area contributed by atoms with Crippen molar-refractivity contribution in [1.29, 1.82) is 0 Å². The van der Waals surface area contributed by atoms with Crippen LogP contribution < -0.4 is 4.90 Å². The van der Waals surface area contributed by atoms with Crippen molar-refractivity contribution in [3.8, 4) is 0 Å². The van der Waals surface area contributed by atoms with Crippen molar-refractivity contribution < 1.29 is 4.74 Å². The number of aromatic nitrogens is 1. The van der Waals surface area contributed by atoms with Gasteiger partial charge in [0.05, 0.1) is 29.1 Å². The predicted octanol–water partition coefficient (Wildman–Crippen LogP) is 3.60. The molecule has 2 aliphatic heterocycles. The summed E-state index contributed by atoms with van der Waals surface area (Å²) in [5.74, 6) is 2.13. The maximum atomic E-state index is 5.91. The molecule has 0 N–H and O–H groups in total. The molecule has 0 spiro atoms. The molecule has 1 fully saturated rings. The molecule has 0 amide bonds. The van der Waals surface area contributed by atoms with Crippen LogP contribution in [-0.2, 0) is 16.2 Å². The molecule has 1 aromatic heterocycles. The van der Waals surface area contributed by atoms with Gasteiger partial charge in [-0.25, -0.2) is 0 Å². The van der Waals surface area contributed by atoms with Crippen molar-refractivity contribution in [2.45, 2.75) is 37.6 Å². The lowest BCUT2D eigenvalue weighted by Crippen LogP contribution is -2.46. The first kappa shape index (κ1) is 13.4. The number of morpholine rings is 1. The van der Waals surface area contributed by atoms with Crippen molar-refractivity contribution in [3.05, 3.63) is 35.5 Å². The van der Waals surface area contributed by atoms with Gasteiger partial charge in [-0.1, -0.05) is 18.2 Å². The summed E-state index contributed by atoms with van der Waals surface area (Å²) in [6.45, 7) is 6.27. The number of benzene rings is 1. The molecule has 0 aliphatic carbocycles. The van der Waals surface area contributed by atoms with E-state index in [-0.39, 0.29) is 12.2 Å². The zero-order chi connectivity index (χ0) is 14.4. The summed E-state index contributed by atoms with van der Waals surface area (Å²) in [4.78, 5) is 7.39. The zero-order valence-corrected chi connectivity index (χ0v) is 13.3. The van der Waals surface area contributed by atoms with Crippen LogP contribution in [0.2, 0.25) is 0 Å². The van der Waals surface area contributed by atoms with E-state index in [1.165, 1.54) is 22.3 Å². The second-order valence-electron chi connectivity index (χ2n) is 6.06. The fourth-order valence-corrected chi connectivity index (χ4v) is 4.57. The van der Waals surface area contributed by atoms with Gasteiger partial charge in [-0.15, -0.1) is 0 Å². The SMILES string of the molecule is CC1CN(c2c3c(nc4ccccc24)CSC3)CC(C)O1. The number of nitrogens with zero attached hydrogens (tertiary/aromatic N) is 2. The number of rotatable bonds is 1. The average Bonchev–Trinajstić information content (AvgIpc) is 2.91. The maximum absolute atomic E-state index is 5.91. The normalized spacial score (nSPS) is 25.3. The Morgan fingerprint density at radius 2 is 1.90 bits per heavy atom. The van der Waals surface area contributed by atoms with Crippen molar-refractivity contribution >= 4 is 28.4 Å². The molecule has 0 saturated carbocycles. The molecule has 1 aromatic carbocycles. The van der Waals surface area contributed by atoms with Crippen molar-refractivity contribution in [3.63, 3.8) is 0 Å². The standard InChI is InChI=1S/C17H20N2OS/c1-11-7-19(8-12(2)20-11)17-13-5-3-4-6-15(13)18-16-10-21-9-14(16)17/h3-6,11-12H,7-10H2,1-2H3. The van der Waals surface area contributed by atoms with Gasteiger partial charge in [0.25, 0.3) is 0 Å². The summed E-state index contributed by atoms with van der Waals surface area (Å²) < 4.78 is 5.91. The van der Waals surface area contributed by atoms with Gasteiger partial charge in [0, 0.05) is 35.5 Å². The molecular formula is C17H20N2OS. The van der Waals surface area contributed by atoms with Crippen LogP contribution in [0.1, 0.15) is 25.1 Å². The van der Waals surface area contributed by atoms with E-state index in [1.54, 1.807) is 0 Å². The van der Waals surface area contributed by atoms with Crippen molar-refractivity contribution in [2.24, 2.45) is 0 Å². The largest absolute Gasteiger partial charge is 0.372 e. The Balaban J connectivity index is 1.90. The Kier molecular flexibility index (Phi) is 3.31. The summed E-state index contributed by atoms with van der Waals surface area (Å²) in [6.07, 6.45) is 0.566. The highest BCUT2D eigenvalue weighted by Gasteiger charge is 2.28. The highest BCUT2D eigenvalue weighted by molar-refractivity contribution is 7.98. The minimum atomic E-state index is 0.283. The first-order chi connectivity index (χ1) is 10.2. The third-order valence-electron chi connectivity index (χ3n) is 4.27. The van der Waals surface area contributed by atoms with Gasteiger partial charge in [0.15, 0.2) is 0 Å². The van der Waals surface area contributed by atoms with Gasteiger partial charge in [-0.2, -0.15) is 11.8 Å². The van der Waals surface area contributed by atoms with Crippen LogP contribution in [0, 0.1) is 0 Å². The number of ether oxygens (including phenoxy) is 1. The lowest BCUT2D eigenvalue weighted by atomic mass is 10.0. The number of fused-ring (bicyclic) bond motifs is 2. The molecule has 110 valence electrons. The van der Waals surface area contributed by atoms with E-state index >= 15 is 0 Å². The van der Waals surface area contributed by atoms with Crippen LogP contribution in [0.15, 0.2) is 24.3 Å². The number of hydrogen-bond donors (Lipinski definition) is 0. The Bertz CT molecular complexity index is 678. The molecule has 2 atom stereocenters. The summed E-state index contributed by atoms with van der Waals surface area (Å²) >= 11 is 1.97. The number of pyridine rings is 1. The third kappa shape index (κ3) is 2.30. The quantitative estimate of drug-likeness (QED) is 0.803. The number of thioether (sulfide) groups is 1. The molecule has 4 rings (SSSR count). The van der Waals surface area contributed by atoms with Crippen LogP contribution in [-0.4, -0.2) is 30.3 Å². The van der Waals surface area contributed by atoms with Crippen LogP contribution in [0.4, 0.5) is 5.69 Å². The second-order valence-corrected chi connectivity index (χ2v) is 7.04. The highest BCUT2D eigenvalue weighted by atomic mass is 32.2. The van der Waals surface area contributed by atoms with Gasteiger partial charge in [-0.3, -0.25) is 4.98 Å². The first-order valence-electron chi connectivity index (χ1n) is 7.61. The molecule has 0 radical (unpaired) electrons. The summed E-state index contributed by atoms with van der Waals surface area (Å²) in [5.41, 5.74) is 5.25. The van der Waals surface area contributed by atoms with Gasteiger partial charge >= 0.3 is 0 Å². The molecular weight excluding hydrogens is 280 g/mol. The second kappa shape index (κ2) is 5.18. The van der Waals surface area contributed by atoms with Gasteiger partial charge in [-0.05, 0) is 19.9 Å². The van der Waals surface area contributed by atoms with E-state index in [9.17, 15) is 0 Å². The van der Waals surface area contributed by atoms with Gasteiger partial charge in [0.2, 0.25) is 0 Å². The molecule has 2 aromatic rings. The Morgan fingerprint density at radius 3 is 2.71 bits per heavy atom. The average molecular weight is 300 g/mol. The molecule has 2 unspecified atom stereocenters. The van der Waals surface area contributed by atoms with E-state index in [1.807, 2.05) is 11.8 Å². The Hall–Kier alpha value is -1.26. The minimum Gasteiger partial charge on any atom is -0.372 e.